The molecule has 1 rings (SSSR count). The number of nitrogens with two attached hydrogens (primary N) is 1. The van der Waals surface area contributed by atoms with Crippen LogP contribution in [-0.2, 0) is 10.0 Å². The number of halogens is 1. The number of anilines is 1. The average Bonchev–Trinajstić information content (AvgIpc) is 2.36. The minimum atomic E-state index is -4.15. The van der Waals surface area contributed by atoms with Crippen molar-refractivity contribution in [2.24, 2.45) is 0 Å². The third-order valence-electron chi connectivity index (χ3n) is 2.78. The topological polar surface area (TPSA) is 115 Å². The van der Waals surface area contributed by atoms with Crippen LogP contribution in [0.3, 0.4) is 0 Å². The highest BCUT2D eigenvalue weighted by Gasteiger charge is 2.25. The Morgan fingerprint density at radius 1 is 1.52 bits per heavy atom. The Balaban J connectivity index is 3.01. The Bertz CT molecular complexity index is 613. The molecule has 10 heteroatoms. The lowest BCUT2D eigenvalue weighted by Gasteiger charge is -2.12. The summed E-state index contributed by atoms with van der Waals surface area (Å²) in [6.45, 7) is 2.06. The molecule has 0 aliphatic carbocycles. The highest BCUT2D eigenvalue weighted by Crippen LogP contribution is 2.27. The number of benzene rings is 1. The van der Waals surface area contributed by atoms with Crippen LogP contribution >= 0.6 is 11.8 Å². The Labute approximate surface area is 126 Å². The maximum Gasteiger partial charge on any atom is 0.274 e. The molecule has 7 nitrogen and oxygen atoms in total. The van der Waals surface area contributed by atoms with E-state index in [4.69, 9.17) is 5.73 Å². The predicted octanol–water partition coefficient (Wildman–Crippen LogP) is 1.74. The highest BCUT2D eigenvalue weighted by atomic mass is 32.2. The number of hydrogen-bond acceptors (Lipinski definition) is 6. The molecule has 0 heterocycles. The summed E-state index contributed by atoms with van der Waals surface area (Å²) in [6.07, 6.45) is 2.46. The van der Waals surface area contributed by atoms with E-state index in [2.05, 4.69) is 4.72 Å². The van der Waals surface area contributed by atoms with Crippen molar-refractivity contribution in [2.45, 2.75) is 23.5 Å². The van der Waals surface area contributed by atoms with Gasteiger partial charge in [-0.05, 0) is 12.7 Å². The molecule has 3 N–H and O–H groups in total. The van der Waals surface area contributed by atoms with Crippen molar-refractivity contribution in [1.29, 1.82) is 0 Å². The number of rotatable bonds is 7. The average molecular weight is 337 g/mol. The minimum Gasteiger partial charge on any atom is -0.397 e. The predicted molar refractivity (Wildman–Crippen MR) is 80.2 cm³/mol. The quantitative estimate of drug-likeness (QED) is 0.445. The van der Waals surface area contributed by atoms with Gasteiger partial charge in [0.15, 0.2) is 5.82 Å². The molecule has 0 bridgehead atoms. The summed E-state index contributed by atoms with van der Waals surface area (Å²) in [5.41, 5.74) is 4.35. The molecular weight excluding hydrogens is 321 g/mol. The van der Waals surface area contributed by atoms with Gasteiger partial charge in [0.1, 0.15) is 4.90 Å². The fourth-order valence-electron chi connectivity index (χ4n) is 1.58. The van der Waals surface area contributed by atoms with E-state index in [1.54, 1.807) is 11.8 Å². The number of nitrogens with one attached hydrogen (secondary N) is 1. The van der Waals surface area contributed by atoms with Crippen molar-refractivity contribution in [3.05, 3.63) is 28.1 Å². The van der Waals surface area contributed by atoms with Gasteiger partial charge in [-0.25, -0.2) is 17.5 Å². The summed E-state index contributed by atoms with van der Waals surface area (Å²) < 4.78 is 40.1. The van der Waals surface area contributed by atoms with Crippen LogP contribution in [0.2, 0.25) is 0 Å². The summed E-state index contributed by atoms with van der Waals surface area (Å²) in [6, 6.07) is 1.36. The monoisotopic (exact) mass is 337 g/mol. The second-order valence-corrected chi connectivity index (χ2v) is 7.32. The SMILES string of the molecule is CSC(C)CCNS(=O)(=O)c1c(N)cc([N+](=O)[O-])cc1F. The normalized spacial score (nSPS) is 13.1. The highest BCUT2D eigenvalue weighted by molar-refractivity contribution is 7.99. The summed E-state index contributed by atoms with van der Waals surface area (Å²) in [7, 11) is -4.15. The maximum atomic E-state index is 13.8. The largest absolute Gasteiger partial charge is 0.397 e. The molecule has 0 fully saturated rings. The lowest BCUT2D eigenvalue weighted by Crippen LogP contribution is -2.28. The maximum absolute atomic E-state index is 13.8. The zero-order valence-corrected chi connectivity index (χ0v) is 13.1. The Morgan fingerprint density at radius 3 is 2.62 bits per heavy atom. The van der Waals surface area contributed by atoms with Gasteiger partial charge in [-0.1, -0.05) is 6.92 Å². The van der Waals surface area contributed by atoms with Crippen LogP contribution in [0.15, 0.2) is 17.0 Å². The van der Waals surface area contributed by atoms with Gasteiger partial charge >= 0.3 is 0 Å². The van der Waals surface area contributed by atoms with Crippen molar-refractivity contribution in [3.63, 3.8) is 0 Å². The molecule has 0 aliphatic heterocycles. The molecule has 0 radical (unpaired) electrons. The first kappa shape index (κ1) is 17.7. The lowest BCUT2D eigenvalue weighted by molar-refractivity contribution is -0.385. The molecule has 0 saturated heterocycles. The fraction of sp³-hybridized carbons (Fsp3) is 0.455. The lowest BCUT2D eigenvalue weighted by atomic mass is 10.3. The van der Waals surface area contributed by atoms with Crippen LogP contribution in [0, 0.1) is 15.9 Å². The van der Waals surface area contributed by atoms with E-state index < -0.39 is 37.0 Å². The molecule has 21 heavy (non-hydrogen) atoms. The van der Waals surface area contributed by atoms with Crippen LogP contribution in [0.5, 0.6) is 0 Å². The zero-order chi connectivity index (χ0) is 16.2. The van der Waals surface area contributed by atoms with Crippen molar-refractivity contribution in [1.82, 2.24) is 4.72 Å². The number of nitro groups is 1. The van der Waals surface area contributed by atoms with E-state index in [0.29, 0.717) is 12.5 Å². The second-order valence-electron chi connectivity index (χ2n) is 4.34. The molecule has 0 aliphatic rings. The Kier molecular flexibility index (Phi) is 5.93. The molecule has 1 atom stereocenters. The first-order valence-electron chi connectivity index (χ1n) is 5.95. The molecule has 1 unspecified atom stereocenters. The fourth-order valence-corrected chi connectivity index (χ4v) is 3.14. The summed E-state index contributed by atoms with van der Waals surface area (Å²) in [4.78, 5) is 8.96. The molecule has 1 aromatic carbocycles. The van der Waals surface area contributed by atoms with Gasteiger partial charge in [-0.2, -0.15) is 11.8 Å². The Hall–Kier alpha value is -1.39. The van der Waals surface area contributed by atoms with E-state index in [1.807, 2.05) is 13.2 Å². The zero-order valence-electron chi connectivity index (χ0n) is 11.5. The van der Waals surface area contributed by atoms with Crippen LogP contribution < -0.4 is 10.5 Å². The smallest absolute Gasteiger partial charge is 0.274 e. The van der Waals surface area contributed by atoms with Crippen molar-refractivity contribution < 1.29 is 17.7 Å². The number of nitrogen functional groups attached to an aromatic ring is 1. The molecule has 1 aromatic rings. The van der Waals surface area contributed by atoms with Gasteiger partial charge < -0.3 is 5.73 Å². The summed E-state index contributed by atoms with van der Waals surface area (Å²) in [5.74, 6) is -1.24. The Morgan fingerprint density at radius 2 is 2.14 bits per heavy atom. The molecule has 0 amide bonds. The van der Waals surface area contributed by atoms with E-state index in [0.717, 1.165) is 6.07 Å². The van der Waals surface area contributed by atoms with Crippen LogP contribution in [0.25, 0.3) is 0 Å². The van der Waals surface area contributed by atoms with E-state index in [9.17, 15) is 22.9 Å². The number of nitrogens with zero attached hydrogens (tertiary/aromatic N) is 1. The van der Waals surface area contributed by atoms with Crippen molar-refractivity contribution >= 4 is 33.2 Å². The van der Waals surface area contributed by atoms with Gasteiger partial charge in [0.05, 0.1) is 16.7 Å². The molecule has 0 spiro atoms. The molecule has 118 valence electrons. The number of thioether (sulfide) groups is 1. The van der Waals surface area contributed by atoms with Gasteiger partial charge in [0.2, 0.25) is 10.0 Å². The third kappa shape index (κ3) is 4.55. The second kappa shape index (κ2) is 7.05. The van der Waals surface area contributed by atoms with Crippen molar-refractivity contribution in [3.8, 4) is 0 Å². The number of non-ortho nitro benzene ring substituents is 1. The molecule has 0 saturated carbocycles. The van der Waals surface area contributed by atoms with E-state index >= 15 is 0 Å². The molecule has 0 aromatic heterocycles. The van der Waals surface area contributed by atoms with Gasteiger partial charge in [0, 0.05) is 17.9 Å². The summed E-state index contributed by atoms with van der Waals surface area (Å²) in [5, 5.41) is 10.8. The third-order valence-corrected chi connectivity index (χ3v) is 5.37. The van der Waals surface area contributed by atoms with Gasteiger partial charge in [0.25, 0.3) is 5.69 Å². The minimum absolute atomic E-state index is 0.125. The number of sulfonamides is 1. The number of hydrogen-bond donors (Lipinski definition) is 2. The van der Waals surface area contributed by atoms with E-state index in [1.165, 1.54) is 0 Å². The first-order valence-corrected chi connectivity index (χ1v) is 8.72. The van der Waals surface area contributed by atoms with Gasteiger partial charge in [-0.3, -0.25) is 10.1 Å². The van der Waals surface area contributed by atoms with Crippen LogP contribution in [0.4, 0.5) is 15.8 Å². The first-order chi connectivity index (χ1) is 9.69. The van der Waals surface area contributed by atoms with Crippen LogP contribution in [-0.4, -0.2) is 31.4 Å². The number of nitro benzene ring substituents is 1. The summed E-state index contributed by atoms with van der Waals surface area (Å²) >= 11 is 1.57. The standard InChI is InChI=1S/C11H16FN3O4S2/c1-7(20-2)3-4-14-21(18,19)11-9(12)5-8(15(16)17)6-10(11)13/h5-7,14H,3-4,13H2,1-2H3. The van der Waals surface area contributed by atoms with Gasteiger partial charge in [-0.15, -0.1) is 0 Å². The molecular formula is C11H16FN3O4S2. The van der Waals surface area contributed by atoms with E-state index in [-0.39, 0.29) is 11.8 Å². The van der Waals surface area contributed by atoms with Crippen molar-refractivity contribution in [2.75, 3.05) is 18.5 Å². The van der Waals surface area contributed by atoms with Crippen LogP contribution in [0.1, 0.15) is 13.3 Å².